The van der Waals surface area contributed by atoms with Crippen LogP contribution in [0.5, 0.6) is 11.5 Å². The second kappa shape index (κ2) is 7.02. The Morgan fingerprint density at radius 3 is 2.60 bits per heavy atom. The van der Waals surface area contributed by atoms with E-state index >= 15 is 0 Å². The monoisotopic (exact) mass is 357 g/mol. The van der Waals surface area contributed by atoms with Crippen molar-refractivity contribution in [2.24, 2.45) is 5.92 Å². The summed E-state index contributed by atoms with van der Waals surface area (Å²) in [6.07, 6.45) is 5.53. The Balaban J connectivity index is 1.40. The van der Waals surface area contributed by atoms with Crippen LogP contribution in [-0.2, 0) is 0 Å². The number of carbonyl (C=O) groups is 1. The third-order valence-corrected chi connectivity index (χ3v) is 5.34. The summed E-state index contributed by atoms with van der Waals surface area (Å²) < 4.78 is 5.72. The van der Waals surface area contributed by atoms with Crippen LogP contribution in [-0.4, -0.2) is 41.5 Å². The molecule has 1 aromatic heterocycles. The maximum absolute atomic E-state index is 12.5. The predicted molar refractivity (Wildman–Crippen MR) is 96.2 cm³/mol. The lowest BCUT2D eigenvalue weighted by Gasteiger charge is -2.44. The minimum atomic E-state index is -0.0211. The van der Waals surface area contributed by atoms with Crippen LogP contribution in [0.4, 0.5) is 0 Å². The number of carbonyl (C=O) groups excluding carboxylic acids is 1. The highest BCUT2D eigenvalue weighted by molar-refractivity contribution is 6.31. The smallest absolute Gasteiger partial charge is 0.251 e. The molecular weight excluding hydrogens is 338 g/mol. The van der Waals surface area contributed by atoms with E-state index in [0.29, 0.717) is 28.0 Å². The van der Waals surface area contributed by atoms with Crippen LogP contribution in [0.15, 0.2) is 42.7 Å². The van der Waals surface area contributed by atoms with Crippen LogP contribution in [0.25, 0.3) is 0 Å². The van der Waals surface area contributed by atoms with Crippen LogP contribution in [0.1, 0.15) is 23.2 Å². The fourth-order valence-corrected chi connectivity index (χ4v) is 3.78. The Kier molecular flexibility index (Phi) is 4.59. The number of ether oxygens (including phenoxy) is 1. The number of aromatic nitrogens is 1. The second-order valence-electron chi connectivity index (χ2n) is 6.65. The van der Waals surface area contributed by atoms with E-state index < -0.39 is 0 Å². The van der Waals surface area contributed by atoms with Gasteiger partial charge in [0.2, 0.25) is 0 Å². The molecule has 3 fully saturated rings. The average molecular weight is 358 g/mol. The molecule has 3 saturated heterocycles. The van der Waals surface area contributed by atoms with Gasteiger partial charge in [-0.25, -0.2) is 0 Å². The molecule has 0 saturated carbocycles. The van der Waals surface area contributed by atoms with Gasteiger partial charge < -0.3 is 15.0 Å². The number of pyridine rings is 1. The largest absolute Gasteiger partial charge is 0.456 e. The second-order valence-corrected chi connectivity index (χ2v) is 7.06. The van der Waals surface area contributed by atoms with Gasteiger partial charge in [0.25, 0.3) is 5.91 Å². The van der Waals surface area contributed by atoms with Crippen molar-refractivity contribution in [3.63, 3.8) is 0 Å². The van der Waals surface area contributed by atoms with Crippen LogP contribution >= 0.6 is 11.6 Å². The Labute approximate surface area is 152 Å². The van der Waals surface area contributed by atoms with Crippen LogP contribution in [0, 0.1) is 5.92 Å². The van der Waals surface area contributed by atoms with E-state index in [1.54, 1.807) is 36.5 Å². The SMILES string of the molecule is O=C(N[C@H]1CN2CCC1CC2)c1ccc(Oc2ccncc2Cl)cc1. The summed E-state index contributed by atoms with van der Waals surface area (Å²) in [5.74, 6) is 1.77. The predicted octanol–water partition coefficient (Wildman–Crippen LogP) is 3.35. The van der Waals surface area contributed by atoms with Crippen LogP contribution in [0.3, 0.4) is 0 Å². The number of amides is 1. The Morgan fingerprint density at radius 1 is 1.20 bits per heavy atom. The quantitative estimate of drug-likeness (QED) is 0.911. The molecule has 0 aliphatic carbocycles. The zero-order chi connectivity index (χ0) is 17.2. The van der Waals surface area contributed by atoms with Gasteiger partial charge in [-0.3, -0.25) is 9.78 Å². The lowest BCUT2D eigenvalue weighted by atomic mass is 9.84. The average Bonchev–Trinajstić information content (AvgIpc) is 2.65. The van der Waals surface area contributed by atoms with Gasteiger partial charge in [0.05, 0.1) is 0 Å². The molecule has 1 aromatic carbocycles. The number of halogens is 1. The molecule has 4 heterocycles. The van der Waals surface area contributed by atoms with Crippen molar-refractivity contribution in [2.75, 3.05) is 19.6 Å². The Hall–Kier alpha value is -2.11. The summed E-state index contributed by atoms with van der Waals surface area (Å²) in [4.78, 5) is 18.9. The molecule has 3 aliphatic rings. The number of nitrogens with one attached hydrogen (secondary N) is 1. The number of benzene rings is 1. The Bertz CT molecular complexity index is 758. The van der Waals surface area contributed by atoms with Crippen molar-refractivity contribution >= 4 is 17.5 Å². The molecule has 6 heteroatoms. The molecular formula is C19H20ClN3O2. The van der Waals surface area contributed by atoms with E-state index in [1.807, 2.05) is 0 Å². The maximum Gasteiger partial charge on any atom is 0.251 e. The lowest BCUT2D eigenvalue weighted by molar-refractivity contribution is 0.0620. The van der Waals surface area contributed by atoms with Crippen LogP contribution < -0.4 is 10.1 Å². The number of fused-ring (bicyclic) bond motifs is 3. The first kappa shape index (κ1) is 16.4. The van der Waals surface area contributed by atoms with Crippen molar-refractivity contribution in [1.29, 1.82) is 0 Å². The summed E-state index contributed by atoms with van der Waals surface area (Å²) in [5, 5.41) is 3.64. The van der Waals surface area contributed by atoms with Crippen LogP contribution in [0.2, 0.25) is 5.02 Å². The number of rotatable bonds is 4. The number of nitrogens with zero attached hydrogens (tertiary/aromatic N) is 2. The zero-order valence-electron chi connectivity index (χ0n) is 13.8. The van der Waals surface area contributed by atoms with Crippen molar-refractivity contribution < 1.29 is 9.53 Å². The Morgan fingerprint density at radius 2 is 1.96 bits per heavy atom. The molecule has 1 atom stereocenters. The maximum atomic E-state index is 12.5. The molecule has 0 spiro atoms. The molecule has 2 bridgehead atoms. The van der Waals surface area contributed by atoms with Gasteiger partial charge in [0.15, 0.2) is 0 Å². The van der Waals surface area contributed by atoms with Gasteiger partial charge in [0.1, 0.15) is 16.5 Å². The van der Waals surface area contributed by atoms with Gasteiger partial charge in [-0.2, -0.15) is 0 Å². The first-order valence-electron chi connectivity index (χ1n) is 8.60. The van der Waals surface area contributed by atoms with Crippen molar-refractivity contribution in [2.45, 2.75) is 18.9 Å². The summed E-state index contributed by atoms with van der Waals surface area (Å²) >= 11 is 6.04. The van der Waals surface area contributed by atoms with E-state index in [0.717, 1.165) is 6.54 Å². The molecule has 1 N–H and O–H groups in total. The van der Waals surface area contributed by atoms with Gasteiger partial charge in [-0.15, -0.1) is 0 Å². The van der Waals surface area contributed by atoms with E-state index in [9.17, 15) is 4.79 Å². The minimum Gasteiger partial charge on any atom is -0.456 e. The molecule has 3 aliphatic heterocycles. The normalized spacial score (nSPS) is 24.8. The third-order valence-electron chi connectivity index (χ3n) is 5.05. The van der Waals surface area contributed by atoms with Gasteiger partial charge in [0, 0.05) is 36.6 Å². The van der Waals surface area contributed by atoms with Gasteiger partial charge >= 0.3 is 0 Å². The van der Waals surface area contributed by atoms with E-state index in [-0.39, 0.29) is 11.9 Å². The lowest BCUT2D eigenvalue weighted by Crippen LogP contribution is -2.57. The molecule has 2 aromatic rings. The van der Waals surface area contributed by atoms with Gasteiger partial charge in [-0.05, 0) is 56.1 Å². The summed E-state index contributed by atoms with van der Waals surface area (Å²) in [6, 6.07) is 9.09. The van der Waals surface area contributed by atoms with Gasteiger partial charge in [-0.1, -0.05) is 11.6 Å². The molecule has 0 unspecified atom stereocenters. The van der Waals surface area contributed by atoms with E-state index in [1.165, 1.54) is 32.1 Å². The highest BCUT2D eigenvalue weighted by atomic mass is 35.5. The standard InChI is InChI=1S/C19H20ClN3O2/c20-16-11-21-8-5-18(16)25-15-3-1-14(2-4-15)19(24)22-17-12-23-9-6-13(17)7-10-23/h1-5,8,11,13,17H,6-7,9-10,12H2,(H,22,24)/t17-/m0/s1. The van der Waals surface area contributed by atoms with E-state index in [4.69, 9.17) is 16.3 Å². The number of piperidine rings is 3. The molecule has 25 heavy (non-hydrogen) atoms. The molecule has 5 rings (SSSR count). The minimum absolute atomic E-state index is 0.0211. The van der Waals surface area contributed by atoms with Crippen molar-refractivity contribution in [3.8, 4) is 11.5 Å². The number of hydrogen-bond donors (Lipinski definition) is 1. The zero-order valence-corrected chi connectivity index (χ0v) is 14.6. The number of hydrogen-bond acceptors (Lipinski definition) is 4. The molecule has 5 nitrogen and oxygen atoms in total. The highest BCUT2D eigenvalue weighted by Gasteiger charge is 2.34. The molecule has 0 radical (unpaired) electrons. The summed E-state index contributed by atoms with van der Waals surface area (Å²) in [5.41, 5.74) is 0.643. The van der Waals surface area contributed by atoms with Crippen molar-refractivity contribution in [1.82, 2.24) is 15.2 Å². The first-order chi connectivity index (χ1) is 12.2. The molecule has 1 amide bonds. The molecule has 130 valence electrons. The van der Waals surface area contributed by atoms with E-state index in [2.05, 4.69) is 15.2 Å². The fourth-order valence-electron chi connectivity index (χ4n) is 3.63. The first-order valence-corrected chi connectivity index (χ1v) is 8.97. The third kappa shape index (κ3) is 3.62. The fraction of sp³-hybridized carbons (Fsp3) is 0.368. The highest BCUT2D eigenvalue weighted by Crippen LogP contribution is 2.29. The topological polar surface area (TPSA) is 54.5 Å². The summed E-state index contributed by atoms with van der Waals surface area (Å²) in [7, 11) is 0. The van der Waals surface area contributed by atoms with Crippen molar-refractivity contribution in [3.05, 3.63) is 53.3 Å². The summed E-state index contributed by atoms with van der Waals surface area (Å²) in [6.45, 7) is 3.30.